The van der Waals surface area contributed by atoms with Gasteiger partial charge in [-0.3, -0.25) is 9.78 Å². The van der Waals surface area contributed by atoms with Gasteiger partial charge in [-0.2, -0.15) is 0 Å². The fraction of sp³-hybridized carbons (Fsp3) is 0.308. The van der Waals surface area contributed by atoms with Crippen LogP contribution < -0.4 is 5.32 Å². The van der Waals surface area contributed by atoms with Crippen LogP contribution in [0.25, 0.3) is 0 Å². The monoisotopic (exact) mass is 259 g/mol. The molecule has 1 aliphatic rings. The Morgan fingerprint density at radius 2 is 2.33 bits per heavy atom. The van der Waals surface area contributed by atoms with E-state index in [0.717, 1.165) is 12.8 Å². The number of hydrogen-bond acceptors (Lipinski definition) is 4. The number of thiophene rings is 1. The highest BCUT2D eigenvalue weighted by Gasteiger charge is 2.45. The van der Waals surface area contributed by atoms with E-state index in [9.17, 15) is 4.79 Å². The molecule has 0 atom stereocenters. The molecule has 0 unspecified atom stereocenters. The lowest BCUT2D eigenvalue weighted by Crippen LogP contribution is -2.32. The van der Waals surface area contributed by atoms with Gasteiger partial charge in [-0.1, -0.05) is 6.07 Å². The van der Waals surface area contributed by atoms with E-state index in [2.05, 4.69) is 32.8 Å². The molecule has 2 heterocycles. The Kier molecular flexibility index (Phi) is 2.83. The third kappa shape index (κ3) is 2.13. The molecule has 3 rings (SSSR count). The number of hydrogen-bond donors (Lipinski definition) is 1. The van der Waals surface area contributed by atoms with Crippen LogP contribution in [0.4, 0.5) is 0 Å². The van der Waals surface area contributed by atoms with Crippen molar-refractivity contribution in [1.82, 2.24) is 15.3 Å². The molecule has 2 aromatic heterocycles. The Balaban J connectivity index is 1.64. The summed E-state index contributed by atoms with van der Waals surface area (Å²) in [6, 6.07) is 4.21. The van der Waals surface area contributed by atoms with Crippen LogP contribution in [-0.2, 0) is 5.41 Å². The largest absolute Gasteiger partial charge is 0.350 e. The molecule has 0 bridgehead atoms. The van der Waals surface area contributed by atoms with Crippen molar-refractivity contribution in [3.05, 3.63) is 46.7 Å². The zero-order valence-corrected chi connectivity index (χ0v) is 10.6. The SMILES string of the molecule is O=C(NCC1(c2cccs2)CC1)c1cnccn1. The summed E-state index contributed by atoms with van der Waals surface area (Å²) in [5, 5.41) is 5.04. The molecule has 0 radical (unpaired) electrons. The second-order valence-corrected chi connectivity index (χ2v) is 5.48. The summed E-state index contributed by atoms with van der Waals surface area (Å²) < 4.78 is 0. The summed E-state index contributed by atoms with van der Waals surface area (Å²) in [7, 11) is 0. The fourth-order valence-corrected chi connectivity index (χ4v) is 2.99. The number of nitrogens with one attached hydrogen (secondary N) is 1. The first-order chi connectivity index (χ1) is 8.80. The van der Waals surface area contributed by atoms with Crippen LogP contribution >= 0.6 is 11.3 Å². The maximum atomic E-state index is 11.9. The first kappa shape index (κ1) is 11.3. The smallest absolute Gasteiger partial charge is 0.271 e. The second kappa shape index (κ2) is 4.49. The molecule has 4 nitrogen and oxygen atoms in total. The average molecular weight is 259 g/mol. The van der Waals surface area contributed by atoms with Crippen LogP contribution in [0.1, 0.15) is 28.2 Å². The lowest BCUT2D eigenvalue weighted by molar-refractivity contribution is 0.0944. The summed E-state index contributed by atoms with van der Waals surface area (Å²) in [4.78, 5) is 21.1. The van der Waals surface area contributed by atoms with Crippen molar-refractivity contribution in [2.24, 2.45) is 0 Å². The number of aromatic nitrogens is 2. The summed E-state index contributed by atoms with van der Waals surface area (Å²) in [6.45, 7) is 0.683. The molecule has 5 heteroatoms. The molecule has 1 saturated carbocycles. The normalized spacial score (nSPS) is 16.2. The van der Waals surface area contributed by atoms with Crippen LogP contribution in [-0.4, -0.2) is 22.4 Å². The summed E-state index contributed by atoms with van der Waals surface area (Å²) in [5.41, 5.74) is 0.547. The Hall–Kier alpha value is -1.75. The second-order valence-electron chi connectivity index (χ2n) is 4.53. The minimum Gasteiger partial charge on any atom is -0.350 e. The van der Waals surface area contributed by atoms with Gasteiger partial charge in [0.05, 0.1) is 6.20 Å². The first-order valence-corrected chi connectivity index (χ1v) is 6.76. The van der Waals surface area contributed by atoms with Crippen molar-refractivity contribution >= 4 is 17.2 Å². The van der Waals surface area contributed by atoms with E-state index in [4.69, 9.17) is 0 Å². The van der Waals surface area contributed by atoms with Crippen LogP contribution in [0.5, 0.6) is 0 Å². The molecule has 0 saturated heterocycles. The standard InChI is InChI=1S/C13H13N3OS/c17-12(10-8-14-5-6-15-10)16-9-13(3-4-13)11-2-1-7-18-11/h1-2,5-8H,3-4,9H2,(H,16,17). The predicted octanol–water partition coefficient (Wildman–Crippen LogP) is 2.00. The molecule has 1 amide bonds. The first-order valence-electron chi connectivity index (χ1n) is 5.88. The lowest BCUT2D eigenvalue weighted by atomic mass is 10.1. The minimum atomic E-state index is -0.147. The van der Waals surface area contributed by atoms with Gasteiger partial charge >= 0.3 is 0 Å². The van der Waals surface area contributed by atoms with Gasteiger partial charge in [0, 0.05) is 29.2 Å². The zero-order valence-electron chi connectivity index (χ0n) is 9.80. The third-order valence-corrected chi connectivity index (χ3v) is 4.40. The number of carbonyl (C=O) groups is 1. The topological polar surface area (TPSA) is 54.9 Å². The molecule has 0 spiro atoms. The van der Waals surface area contributed by atoms with Gasteiger partial charge in [-0.15, -0.1) is 11.3 Å². The van der Waals surface area contributed by atoms with Gasteiger partial charge in [-0.05, 0) is 24.3 Å². The number of carbonyl (C=O) groups excluding carboxylic acids is 1. The van der Waals surface area contributed by atoms with Crippen molar-refractivity contribution < 1.29 is 4.79 Å². The van der Waals surface area contributed by atoms with Gasteiger partial charge in [0.2, 0.25) is 0 Å². The van der Waals surface area contributed by atoms with Crippen LogP contribution in [0.15, 0.2) is 36.1 Å². The van der Waals surface area contributed by atoms with Gasteiger partial charge in [-0.25, -0.2) is 4.98 Å². The summed E-state index contributed by atoms with van der Waals surface area (Å²) >= 11 is 1.76. The lowest BCUT2D eigenvalue weighted by Gasteiger charge is -2.13. The summed E-state index contributed by atoms with van der Waals surface area (Å²) in [6.07, 6.45) is 6.87. The molecule has 2 aromatic rings. The Labute approximate surface area is 109 Å². The van der Waals surface area contributed by atoms with E-state index >= 15 is 0 Å². The highest BCUT2D eigenvalue weighted by molar-refractivity contribution is 7.10. The van der Waals surface area contributed by atoms with Crippen molar-refractivity contribution in [1.29, 1.82) is 0 Å². The van der Waals surface area contributed by atoms with E-state index in [0.29, 0.717) is 12.2 Å². The van der Waals surface area contributed by atoms with E-state index in [1.165, 1.54) is 17.3 Å². The van der Waals surface area contributed by atoms with E-state index < -0.39 is 0 Å². The molecular formula is C13H13N3OS. The van der Waals surface area contributed by atoms with Crippen molar-refractivity contribution in [2.75, 3.05) is 6.54 Å². The number of amides is 1. The van der Waals surface area contributed by atoms with Gasteiger partial charge in [0.15, 0.2) is 0 Å². The number of nitrogens with zero attached hydrogens (tertiary/aromatic N) is 2. The molecule has 0 aliphatic heterocycles. The molecule has 18 heavy (non-hydrogen) atoms. The van der Waals surface area contributed by atoms with Gasteiger partial charge in [0.1, 0.15) is 5.69 Å². The molecule has 1 N–H and O–H groups in total. The highest BCUT2D eigenvalue weighted by Crippen LogP contribution is 2.49. The highest BCUT2D eigenvalue weighted by atomic mass is 32.1. The quantitative estimate of drug-likeness (QED) is 0.913. The van der Waals surface area contributed by atoms with Crippen LogP contribution in [0.2, 0.25) is 0 Å². The average Bonchev–Trinajstić information content (AvgIpc) is 3.00. The molecule has 1 fully saturated rings. The third-order valence-electron chi connectivity index (χ3n) is 3.28. The van der Waals surface area contributed by atoms with E-state index in [1.54, 1.807) is 17.5 Å². The maximum Gasteiger partial charge on any atom is 0.271 e. The molecule has 0 aromatic carbocycles. The maximum absolute atomic E-state index is 11.9. The Bertz CT molecular complexity index is 535. The van der Waals surface area contributed by atoms with Crippen molar-refractivity contribution in [3.63, 3.8) is 0 Å². The molecular weight excluding hydrogens is 246 g/mol. The Morgan fingerprint density at radius 1 is 1.44 bits per heavy atom. The fourth-order valence-electron chi connectivity index (χ4n) is 2.00. The van der Waals surface area contributed by atoms with Crippen molar-refractivity contribution in [2.45, 2.75) is 18.3 Å². The van der Waals surface area contributed by atoms with Gasteiger partial charge in [0.25, 0.3) is 5.91 Å². The minimum absolute atomic E-state index is 0.147. The van der Waals surface area contributed by atoms with Crippen LogP contribution in [0.3, 0.4) is 0 Å². The van der Waals surface area contributed by atoms with Crippen molar-refractivity contribution in [3.8, 4) is 0 Å². The predicted molar refractivity (Wildman–Crippen MR) is 69.6 cm³/mol. The van der Waals surface area contributed by atoms with Gasteiger partial charge < -0.3 is 5.32 Å². The molecule has 92 valence electrons. The zero-order chi connectivity index (χ0) is 12.4. The van der Waals surface area contributed by atoms with E-state index in [1.807, 2.05) is 0 Å². The Morgan fingerprint density at radius 3 is 2.94 bits per heavy atom. The van der Waals surface area contributed by atoms with E-state index in [-0.39, 0.29) is 11.3 Å². The van der Waals surface area contributed by atoms with Crippen LogP contribution in [0, 0.1) is 0 Å². The summed E-state index contributed by atoms with van der Waals surface area (Å²) in [5.74, 6) is -0.147. The molecule has 1 aliphatic carbocycles. The number of rotatable bonds is 4.